The van der Waals surface area contributed by atoms with Gasteiger partial charge in [0.2, 0.25) is 0 Å². The lowest BCUT2D eigenvalue weighted by atomic mass is 10.6. The highest BCUT2D eigenvalue weighted by Gasteiger charge is 2.28. The number of hydrogen-bond donors (Lipinski definition) is 0. The van der Waals surface area contributed by atoms with E-state index in [9.17, 15) is 13.2 Å². The predicted octanol–water partition coefficient (Wildman–Crippen LogP) is 2.88. The van der Waals surface area contributed by atoms with Gasteiger partial charge in [-0.25, -0.2) is 0 Å². The van der Waals surface area contributed by atoms with Gasteiger partial charge in [0.25, 0.3) is 0 Å². The van der Waals surface area contributed by atoms with Gasteiger partial charge >= 0.3 is 6.36 Å². The van der Waals surface area contributed by atoms with Gasteiger partial charge in [-0.15, -0.1) is 24.8 Å². The van der Waals surface area contributed by atoms with E-state index in [1.54, 1.807) is 0 Å². The molecule has 12 heavy (non-hydrogen) atoms. The topological polar surface area (TPSA) is 9.23 Å². The monoisotopic (exact) mass is 222 g/mol. The van der Waals surface area contributed by atoms with Crippen molar-refractivity contribution in [2.24, 2.45) is 0 Å². The lowest BCUT2D eigenvalue weighted by Crippen LogP contribution is -2.15. The maximum absolute atomic E-state index is 11.4. The molecule has 0 aromatic heterocycles. The molecule has 0 aliphatic heterocycles. The van der Waals surface area contributed by atoms with E-state index in [1.807, 2.05) is 0 Å². The zero-order valence-corrected chi connectivity index (χ0v) is 7.94. The van der Waals surface area contributed by atoms with Gasteiger partial charge in [-0.05, 0) is 12.2 Å². The van der Waals surface area contributed by atoms with Crippen molar-refractivity contribution in [1.82, 2.24) is 0 Å². The van der Waals surface area contributed by atoms with E-state index in [-0.39, 0.29) is 6.61 Å². The molecule has 6 heteroatoms. The second-order valence-electron chi connectivity index (χ2n) is 1.95. The fourth-order valence-electron chi connectivity index (χ4n) is 0.475. The minimum Gasteiger partial charge on any atom is -0.291 e. The minimum absolute atomic E-state index is 0.281. The largest absolute Gasteiger partial charge is 0.522 e. The van der Waals surface area contributed by atoms with Crippen molar-refractivity contribution in [3.05, 3.63) is 0 Å². The molecular weight excluding hydrogens is 213 g/mol. The summed E-state index contributed by atoms with van der Waals surface area (Å²) in [4.78, 5) is 0. The summed E-state index contributed by atoms with van der Waals surface area (Å²) in [6.07, 6.45) is -3.68. The van der Waals surface area contributed by atoms with Crippen molar-refractivity contribution in [3.8, 4) is 0 Å². The molecule has 0 spiro atoms. The lowest BCUT2D eigenvalue weighted by molar-refractivity contribution is -0.322. The standard InChI is InChI=1S/C6H10ClF3OS/c7-2-1-4-12-5-3-11-6(8,9)10/h1-5H2. The summed E-state index contributed by atoms with van der Waals surface area (Å²) >= 11 is 6.77. The first-order valence-corrected chi connectivity index (χ1v) is 5.09. The van der Waals surface area contributed by atoms with Crippen LogP contribution in [0.3, 0.4) is 0 Å². The second-order valence-corrected chi connectivity index (χ2v) is 3.55. The van der Waals surface area contributed by atoms with Gasteiger partial charge in [-0.2, -0.15) is 11.8 Å². The van der Waals surface area contributed by atoms with Gasteiger partial charge in [-0.3, -0.25) is 4.74 Å². The zero-order valence-electron chi connectivity index (χ0n) is 6.36. The van der Waals surface area contributed by atoms with Gasteiger partial charge in [0.05, 0.1) is 6.61 Å². The Hall–Kier alpha value is 0.390. The van der Waals surface area contributed by atoms with Crippen LogP contribution in [-0.4, -0.2) is 30.4 Å². The molecular formula is C6H10ClF3OS. The first-order chi connectivity index (χ1) is 5.56. The van der Waals surface area contributed by atoms with E-state index >= 15 is 0 Å². The van der Waals surface area contributed by atoms with E-state index in [2.05, 4.69) is 4.74 Å². The van der Waals surface area contributed by atoms with Crippen LogP contribution in [0.15, 0.2) is 0 Å². The molecule has 0 amide bonds. The minimum atomic E-state index is -4.49. The van der Waals surface area contributed by atoms with Gasteiger partial charge in [0.1, 0.15) is 0 Å². The number of thioether (sulfide) groups is 1. The Bertz CT molecular complexity index is 109. The van der Waals surface area contributed by atoms with Crippen LogP contribution < -0.4 is 0 Å². The highest BCUT2D eigenvalue weighted by atomic mass is 35.5. The Kier molecular flexibility index (Phi) is 7.08. The maximum Gasteiger partial charge on any atom is 0.522 e. The van der Waals surface area contributed by atoms with E-state index in [0.29, 0.717) is 11.6 Å². The summed E-state index contributed by atoms with van der Waals surface area (Å²) in [5.41, 5.74) is 0. The summed E-state index contributed by atoms with van der Waals surface area (Å²) < 4.78 is 37.7. The van der Waals surface area contributed by atoms with Crippen LogP contribution in [0.25, 0.3) is 0 Å². The number of rotatable bonds is 6. The fourth-order valence-corrected chi connectivity index (χ4v) is 1.52. The third-order valence-corrected chi connectivity index (χ3v) is 2.22. The Labute approximate surface area is 78.6 Å². The summed E-state index contributed by atoms with van der Waals surface area (Å²) in [6, 6.07) is 0. The third-order valence-electron chi connectivity index (χ3n) is 0.916. The molecule has 0 radical (unpaired) electrons. The van der Waals surface area contributed by atoms with Crippen LogP contribution in [-0.2, 0) is 4.74 Å². The predicted molar refractivity (Wildman–Crippen MR) is 44.7 cm³/mol. The maximum atomic E-state index is 11.4. The molecule has 0 aliphatic rings. The number of halogens is 4. The molecule has 1 nitrogen and oxygen atoms in total. The van der Waals surface area contributed by atoms with Crippen LogP contribution >= 0.6 is 23.4 Å². The van der Waals surface area contributed by atoms with Crippen LogP contribution in [0.4, 0.5) is 13.2 Å². The molecule has 0 heterocycles. The van der Waals surface area contributed by atoms with Crippen molar-refractivity contribution < 1.29 is 17.9 Å². The Morgan fingerprint density at radius 2 is 1.92 bits per heavy atom. The van der Waals surface area contributed by atoms with Crippen LogP contribution in [0, 0.1) is 0 Å². The summed E-state index contributed by atoms with van der Waals surface area (Å²) in [5, 5.41) is 0. The van der Waals surface area contributed by atoms with Gasteiger partial charge in [-0.1, -0.05) is 0 Å². The Balaban J connectivity index is 3.01. The van der Waals surface area contributed by atoms with Crippen LogP contribution in [0.5, 0.6) is 0 Å². The SMILES string of the molecule is FC(F)(F)OCCSCCCCl. The van der Waals surface area contributed by atoms with Crippen molar-refractivity contribution in [3.63, 3.8) is 0 Å². The van der Waals surface area contributed by atoms with E-state index in [4.69, 9.17) is 11.6 Å². The normalized spacial score (nSPS) is 12.0. The van der Waals surface area contributed by atoms with Gasteiger partial charge in [0, 0.05) is 11.6 Å². The average molecular weight is 223 g/mol. The smallest absolute Gasteiger partial charge is 0.291 e. The van der Waals surface area contributed by atoms with Crippen LogP contribution in [0.1, 0.15) is 6.42 Å². The van der Waals surface area contributed by atoms with Gasteiger partial charge < -0.3 is 0 Å². The third kappa shape index (κ3) is 10.4. The molecule has 0 atom stereocenters. The Morgan fingerprint density at radius 3 is 2.42 bits per heavy atom. The van der Waals surface area contributed by atoms with Crippen molar-refractivity contribution in [1.29, 1.82) is 0 Å². The first-order valence-electron chi connectivity index (χ1n) is 3.40. The summed E-state index contributed by atoms with van der Waals surface area (Å²) in [6.45, 7) is -0.281. The highest BCUT2D eigenvalue weighted by molar-refractivity contribution is 7.99. The number of ether oxygens (including phenoxy) is 1. The molecule has 0 saturated carbocycles. The number of alkyl halides is 4. The highest BCUT2D eigenvalue weighted by Crippen LogP contribution is 2.16. The quantitative estimate of drug-likeness (QED) is 0.505. The molecule has 0 bridgehead atoms. The molecule has 0 aromatic rings. The Morgan fingerprint density at radius 1 is 1.25 bits per heavy atom. The second kappa shape index (κ2) is 6.86. The van der Waals surface area contributed by atoms with E-state index < -0.39 is 6.36 Å². The molecule has 0 N–H and O–H groups in total. The van der Waals surface area contributed by atoms with E-state index in [0.717, 1.165) is 12.2 Å². The van der Waals surface area contributed by atoms with Gasteiger partial charge in [0.15, 0.2) is 0 Å². The summed E-state index contributed by atoms with van der Waals surface area (Å²) in [5.74, 6) is 1.69. The molecule has 0 aromatic carbocycles. The molecule has 0 saturated heterocycles. The average Bonchev–Trinajstić information content (AvgIpc) is 1.94. The number of hydrogen-bond acceptors (Lipinski definition) is 2. The zero-order chi connectivity index (χ0) is 9.45. The summed E-state index contributed by atoms with van der Waals surface area (Å²) in [7, 11) is 0. The van der Waals surface area contributed by atoms with Crippen molar-refractivity contribution in [2.75, 3.05) is 24.0 Å². The molecule has 0 rings (SSSR count). The van der Waals surface area contributed by atoms with Crippen molar-refractivity contribution in [2.45, 2.75) is 12.8 Å². The molecule has 0 aliphatic carbocycles. The van der Waals surface area contributed by atoms with Crippen LogP contribution in [0.2, 0.25) is 0 Å². The van der Waals surface area contributed by atoms with E-state index in [1.165, 1.54) is 11.8 Å². The fraction of sp³-hybridized carbons (Fsp3) is 1.00. The molecule has 0 fully saturated rings. The van der Waals surface area contributed by atoms with Crippen molar-refractivity contribution >= 4 is 23.4 Å². The first kappa shape index (κ1) is 12.4. The lowest BCUT2D eigenvalue weighted by Gasteiger charge is -2.06. The molecule has 0 unspecified atom stereocenters. The molecule has 74 valence electrons.